The molecule has 0 fully saturated rings. The van der Waals surface area contributed by atoms with Crippen LogP contribution in [0, 0.1) is 0 Å². The summed E-state index contributed by atoms with van der Waals surface area (Å²) in [5.41, 5.74) is -2.05. The van der Waals surface area contributed by atoms with Crippen LogP contribution in [0.15, 0.2) is 12.2 Å². The van der Waals surface area contributed by atoms with Crippen molar-refractivity contribution < 1.29 is 14.7 Å². The zero-order valence-corrected chi connectivity index (χ0v) is 8.87. The van der Waals surface area contributed by atoms with Gasteiger partial charge >= 0.3 is 0 Å². The molecule has 0 aromatic heterocycles. The molecule has 0 spiro atoms. The zero-order valence-electron chi connectivity index (χ0n) is 8.87. The van der Waals surface area contributed by atoms with Crippen LogP contribution < -0.4 is 0 Å². The van der Waals surface area contributed by atoms with Crippen LogP contribution in [0.1, 0.15) is 27.7 Å². The maximum atomic E-state index is 11.4. The van der Waals surface area contributed by atoms with Crippen LogP contribution in [0.2, 0.25) is 0 Å². The first-order valence-corrected chi connectivity index (χ1v) is 4.46. The van der Waals surface area contributed by atoms with E-state index in [-0.39, 0.29) is 11.8 Å². The minimum Gasteiger partial charge on any atom is -0.388 e. The highest BCUT2D eigenvalue weighted by atomic mass is 16.3. The van der Waals surface area contributed by atoms with E-state index in [2.05, 4.69) is 0 Å². The van der Waals surface area contributed by atoms with Gasteiger partial charge in [-0.15, -0.1) is 0 Å². The van der Waals surface area contributed by atoms with Crippen LogP contribution in [0.4, 0.5) is 0 Å². The number of rotatable bonds is 2. The van der Waals surface area contributed by atoms with E-state index < -0.39 is 11.1 Å². The normalized spacial score (nSPS) is 18.2. The first-order valence-electron chi connectivity index (χ1n) is 4.46. The molecular weight excluding hydrogens is 182 g/mol. The average Bonchev–Trinajstić information content (AvgIpc) is 2.28. The SMILES string of the molecule is CC(C)(O)C(C)(C)N1C(=O)C=CC1=O. The fraction of sp³-hybridized carbons (Fsp3) is 0.600. The molecule has 2 amide bonds. The predicted octanol–water partition coefficient (Wildman–Crippen LogP) is 0.461. The van der Waals surface area contributed by atoms with Crippen LogP contribution in [-0.4, -0.2) is 33.0 Å². The van der Waals surface area contributed by atoms with Gasteiger partial charge < -0.3 is 5.11 Å². The molecule has 14 heavy (non-hydrogen) atoms. The monoisotopic (exact) mass is 197 g/mol. The Bertz CT molecular complexity index is 292. The number of hydrogen-bond donors (Lipinski definition) is 1. The molecule has 0 unspecified atom stereocenters. The highest BCUT2D eigenvalue weighted by molar-refractivity contribution is 6.13. The standard InChI is InChI=1S/C10H15NO3/c1-9(2,10(3,4)14)11-7(12)5-6-8(11)13/h5-6,14H,1-4H3. The van der Waals surface area contributed by atoms with Gasteiger partial charge in [-0.2, -0.15) is 0 Å². The Morgan fingerprint density at radius 2 is 1.43 bits per heavy atom. The van der Waals surface area contributed by atoms with Gasteiger partial charge in [0.05, 0.1) is 11.1 Å². The minimum absolute atomic E-state index is 0.373. The molecule has 1 heterocycles. The van der Waals surface area contributed by atoms with Gasteiger partial charge in [0, 0.05) is 12.2 Å². The molecule has 78 valence electrons. The summed E-state index contributed by atoms with van der Waals surface area (Å²) in [6.45, 7) is 6.48. The first-order chi connectivity index (χ1) is 6.18. The number of carbonyl (C=O) groups is 2. The van der Waals surface area contributed by atoms with E-state index in [0.29, 0.717) is 0 Å². The third-order valence-corrected chi connectivity index (χ3v) is 2.87. The van der Waals surface area contributed by atoms with Gasteiger partial charge in [0.2, 0.25) is 0 Å². The molecule has 4 nitrogen and oxygen atoms in total. The Hall–Kier alpha value is -1.16. The lowest BCUT2D eigenvalue weighted by Crippen LogP contribution is -2.59. The summed E-state index contributed by atoms with van der Waals surface area (Å²) in [4.78, 5) is 23.8. The lowest BCUT2D eigenvalue weighted by atomic mass is 9.84. The van der Waals surface area contributed by atoms with Crippen molar-refractivity contribution in [3.63, 3.8) is 0 Å². The number of amides is 2. The Kier molecular flexibility index (Phi) is 2.27. The quantitative estimate of drug-likeness (QED) is 0.654. The summed E-state index contributed by atoms with van der Waals surface area (Å²) in [5, 5.41) is 9.87. The van der Waals surface area contributed by atoms with Crippen molar-refractivity contribution in [3.8, 4) is 0 Å². The molecule has 0 bridgehead atoms. The number of imide groups is 1. The molecule has 1 aliphatic heterocycles. The highest BCUT2D eigenvalue weighted by Crippen LogP contribution is 2.30. The van der Waals surface area contributed by atoms with Crippen molar-refractivity contribution in [2.24, 2.45) is 0 Å². The average molecular weight is 197 g/mol. The molecule has 1 aliphatic rings. The van der Waals surface area contributed by atoms with Crippen LogP contribution in [0.5, 0.6) is 0 Å². The lowest BCUT2D eigenvalue weighted by molar-refractivity contribution is -0.153. The van der Waals surface area contributed by atoms with E-state index in [1.807, 2.05) is 0 Å². The van der Waals surface area contributed by atoms with Gasteiger partial charge in [0.15, 0.2) is 0 Å². The molecular formula is C10H15NO3. The second-order valence-electron chi connectivity index (χ2n) is 4.46. The molecule has 0 aromatic rings. The third kappa shape index (κ3) is 1.46. The van der Waals surface area contributed by atoms with Crippen LogP contribution >= 0.6 is 0 Å². The smallest absolute Gasteiger partial charge is 0.254 e. The second-order valence-corrected chi connectivity index (χ2v) is 4.46. The van der Waals surface area contributed by atoms with Gasteiger partial charge in [0.1, 0.15) is 0 Å². The van der Waals surface area contributed by atoms with Gasteiger partial charge in [-0.1, -0.05) is 0 Å². The van der Waals surface area contributed by atoms with E-state index in [0.717, 1.165) is 4.90 Å². The summed E-state index contributed by atoms with van der Waals surface area (Å²) in [6, 6.07) is 0. The zero-order chi connectivity index (χ0) is 11.1. The summed E-state index contributed by atoms with van der Waals surface area (Å²) < 4.78 is 0. The van der Waals surface area contributed by atoms with Crippen LogP contribution in [0.3, 0.4) is 0 Å². The molecule has 1 N–H and O–H groups in total. The van der Waals surface area contributed by atoms with E-state index >= 15 is 0 Å². The Morgan fingerprint density at radius 3 is 1.71 bits per heavy atom. The Labute approximate surface area is 83.2 Å². The molecule has 0 saturated heterocycles. The van der Waals surface area contributed by atoms with Crippen molar-refractivity contribution in [1.82, 2.24) is 4.90 Å². The highest BCUT2D eigenvalue weighted by Gasteiger charge is 2.46. The van der Waals surface area contributed by atoms with Crippen LogP contribution in [-0.2, 0) is 9.59 Å². The van der Waals surface area contributed by atoms with Crippen molar-refractivity contribution in [2.45, 2.75) is 38.8 Å². The maximum absolute atomic E-state index is 11.4. The third-order valence-electron chi connectivity index (χ3n) is 2.87. The number of hydrogen-bond acceptors (Lipinski definition) is 3. The molecule has 1 rings (SSSR count). The van der Waals surface area contributed by atoms with Crippen LogP contribution in [0.25, 0.3) is 0 Å². The lowest BCUT2D eigenvalue weighted by Gasteiger charge is -2.43. The minimum atomic E-state index is -1.13. The second kappa shape index (κ2) is 2.92. The Morgan fingerprint density at radius 1 is 1.07 bits per heavy atom. The Balaban J connectivity index is 3.06. The van der Waals surface area contributed by atoms with Gasteiger partial charge in [-0.05, 0) is 27.7 Å². The van der Waals surface area contributed by atoms with E-state index in [1.165, 1.54) is 12.2 Å². The van der Waals surface area contributed by atoms with Gasteiger partial charge in [-0.3, -0.25) is 14.5 Å². The molecule has 0 radical (unpaired) electrons. The topological polar surface area (TPSA) is 57.6 Å². The molecule has 4 heteroatoms. The number of aliphatic hydroxyl groups is 1. The fourth-order valence-electron chi connectivity index (χ4n) is 1.22. The summed E-state index contributed by atoms with van der Waals surface area (Å²) in [6.07, 6.45) is 2.44. The maximum Gasteiger partial charge on any atom is 0.254 e. The number of carbonyl (C=O) groups excluding carboxylic acids is 2. The molecule has 0 atom stereocenters. The van der Waals surface area contributed by atoms with Crippen molar-refractivity contribution in [2.75, 3.05) is 0 Å². The first kappa shape index (κ1) is 10.9. The predicted molar refractivity (Wildman–Crippen MR) is 51.4 cm³/mol. The van der Waals surface area contributed by atoms with E-state index in [4.69, 9.17) is 0 Å². The molecule has 0 aromatic carbocycles. The summed E-state index contributed by atoms with van der Waals surface area (Å²) in [7, 11) is 0. The summed E-state index contributed by atoms with van der Waals surface area (Å²) in [5.74, 6) is -0.746. The van der Waals surface area contributed by atoms with Crippen molar-refractivity contribution in [1.29, 1.82) is 0 Å². The van der Waals surface area contributed by atoms with Crippen molar-refractivity contribution >= 4 is 11.8 Å². The summed E-state index contributed by atoms with van der Waals surface area (Å²) >= 11 is 0. The molecule has 0 saturated carbocycles. The number of nitrogens with zero attached hydrogens (tertiary/aromatic N) is 1. The van der Waals surface area contributed by atoms with Gasteiger partial charge in [-0.25, -0.2) is 0 Å². The van der Waals surface area contributed by atoms with Gasteiger partial charge in [0.25, 0.3) is 11.8 Å². The van der Waals surface area contributed by atoms with Crippen molar-refractivity contribution in [3.05, 3.63) is 12.2 Å². The van der Waals surface area contributed by atoms with E-state index in [1.54, 1.807) is 27.7 Å². The van der Waals surface area contributed by atoms with E-state index in [9.17, 15) is 14.7 Å². The fourth-order valence-corrected chi connectivity index (χ4v) is 1.22. The largest absolute Gasteiger partial charge is 0.388 e. The molecule has 0 aliphatic carbocycles.